The normalized spacial score (nSPS) is 23.0. The average Bonchev–Trinajstić information content (AvgIpc) is 2.93. The molecular weight excluding hydrogens is 450 g/mol. The second kappa shape index (κ2) is 9.52. The molecule has 3 fully saturated rings. The van der Waals surface area contributed by atoms with Crippen molar-refractivity contribution in [1.82, 2.24) is 25.2 Å². The van der Waals surface area contributed by atoms with Crippen molar-refractivity contribution in [2.75, 3.05) is 73.6 Å². The highest BCUT2D eigenvalue weighted by atomic mass is 15.4. The minimum Gasteiger partial charge on any atom is -0.368 e. The summed E-state index contributed by atoms with van der Waals surface area (Å²) in [5.41, 5.74) is 3.71. The largest absolute Gasteiger partial charge is 0.368 e. The third-order valence-electron chi connectivity index (χ3n) is 7.85. The van der Waals surface area contributed by atoms with Gasteiger partial charge in [0.05, 0.1) is 11.1 Å². The van der Waals surface area contributed by atoms with E-state index in [1.165, 1.54) is 0 Å². The van der Waals surface area contributed by atoms with E-state index in [0.29, 0.717) is 17.6 Å². The molecule has 0 aliphatic carbocycles. The van der Waals surface area contributed by atoms with Crippen molar-refractivity contribution in [2.24, 2.45) is 0 Å². The second-order valence-corrected chi connectivity index (χ2v) is 10.1. The lowest BCUT2D eigenvalue weighted by Crippen LogP contribution is -2.65. The van der Waals surface area contributed by atoms with Crippen LogP contribution < -0.4 is 20.0 Å². The molecule has 1 aromatic carbocycles. The van der Waals surface area contributed by atoms with Crippen LogP contribution in [0, 0.1) is 18.3 Å². The van der Waals surface area contributed by atoms with E-state index >= 15 is 0 Å². The molecule has 3 aliphatic rings. The molecule has 0 saturated carbocycles. The Morgan fingerprint density at radius 2 is 1.81 bits per heavy atom. The lowest BCUT2D eigenvalue weighted by molar-refractivity contribution is 0.108. The van der Waals surface area contributed by atoms with Crippen LogP contribution in [-0.2, 0) is 0 Å². The minimum atomic E-state index is 0.373. The van der Waals surface area contributed by atoms with Gasteiger partial charge in [0.15, 0.2) is 0 Å². The first kappa shape index (κ1) is 23.0. The fourth-order valence-corrected chi connectivity index (χ4v) is 6.04. The predicted molar refractivity (Wildman–Crippen MR) is 143 cm³/mol. The summed E-state index contributed by atoms with van der Waals surface area (Å²) >= 11 is 0. The Morgan fingerprint density at radius 1 is 0.972 bits per heavy atom. The Bertz CT molecular complexity index is 1300. The molecule has 2 unspecified atom stereocenters. The zero-order valence-electron chi connectivity index (χ0n) is 21.1. The number of hydrogen-bond acceptors (Lipinski definition) is 9. The molecule has 3 aliphatic heterocycles. The van der Waals surface area contributed by atoms with Gasteiger partial charge in [0.2, 0.25) is 5.95 Å². The van der Waals surface area contributed by atoms with Crippen LogP contribution in [0.1, 0.15) is 18.1 Å². The maximum absolute atomic E-state index is 9.56. The van der Waals surface area contributed by atoms with Crippen LogP contribution in [0.15, 0.2) is 36.7 Å². The Balaban J connectivity index is 1.25. The highest BCUT2D eigenvalue weighted by Crippen LogP contribution is 2.32. The Labute approximate surface area is 212 Å². The number of pyridine rings is 1. The summed E-state index contributed by atoms with van der Waals surface area (Å²) in [5, 5.41) is 14.0. The van der Waals surface area contributed by atoms with Crippen LogP contribution >= 0.6 is 0 Å². The van der Waals surface area contributed by atoms with E-state index in [0.717, 1.165) is 92.8 Å². The molecule has 2 aromatic heterocycles. The van der Waals surface area contributed by atoms with Gasteiger partial charge in [-0.15, -0.1) is 0 Å². The number of benzene rings is 1. The molecule has 186 valence electrons. The van der Waals surface area contributed by atoms with Crippen LogP contribution in [0.5, 0.6) is 0 Å². The van der Waals surface area contributed by atoms with Crippen LogP contribution in [0.3, 0.4) is 0 Å². The Kier molecular flexibility index (Phi) is 6.07. The number of nitrogens with zero attached hydrogens (tertiary/aromatic N) is 8. The lowest BCUT2D eigenvalue weighted by atomic mass is 10.0. The van der Waals surface area contributed by atoms with E-state index in [4.69, 9.17) is 9.97 Å². The van der Waals surface area contributed by atoms with E-state index < -0.39 is 0 Å². The van der Waals surface area contributed by atoms with E-state index in [-0.39, 0.29) is 0 Å². The summed E-state index contributed by atoms with van der Waals surface area (Å²) < 4.78 is 0. The Morgan fingerprint density at radius 3 is 2.64 bits per heavy atom. The second-order valence-electron chi connectivity index (χ2n) is 10.1. The predicted octanol–water partition coefficient (Wildman–Crippen LogP) is 2.01. The molecule has 2 atom stereocenters. The van der Waals surface area contributed by atoms with Crippen molar-refractivity contribution in [2.45, 2.75) is 25.9 Å². The fourth-order valence-electron chi connectivity index (χ4n) is 6.04. The number of piperazine rings is 3. The van der Waals surface area contributed by atoms with E-state index in [9.17, 15) is 5.26 Å². The van der Waals surface area contributed by atoms with Gasteiger partial charge in [0.25, 0.3) is 0 Å². The number of aryl methyl sites for hydroxylation is 1. The van der Waals surface area contributed by atoms with E-state index in [2.05, 4.69) is 61.9 Å². The van der Waals surface area contributed by atoms with E-state index in [1.54, 1.807) is 6.20 Å². The maximum Gasteiger partial charge on any atom is 0.227 e. The highest BCUT2D eigenvalue weighted by molar-refractivity contribution is 5.95. The maximum atomic E-state index is 9.56. The van der Waals surface area contributed by atoms with Crippen molar-refractivity contribution >= 4 is 28.4 Å². The summed E-state index contributed by atoms with van der Waals surface area (Å²) in [6.07, 6.45) is 3.75. The summed E-state index contributed by atoms with van der Waals surface area (Å²) in [5.74, 6) is 1.91. The number of aromatic nitrogens is 3. The van der Waals surface area contributed by atoms with Gasteiger partial charge in [-0.05, 0) is 38.1 Å². The monoisotopic (exact) mass is 483 g/mol. The molecule has 0 amide bonds. The standard InChI is InChI=1S/C27H33N9/c1-19-15-31-27(32-26(19)33-10-8-29-9-11-33)34-12-13-36-20(2)16-35(18-22(36)17-34)24-6-5-21(14-28)25-23(24)4-3-7-30-25/h3-7,15,20,22,29H,8-13,16-18H2,1-2H3. The first-order valence-electron chi connectivity index (χ1n) is 12.9. The van der Waals surface area contributed by atoms with Crippen LogP contribution in [0.4, 0.5) is 17.5 Å². The molecule has 6 rings (SSSR count). The molecule has 0 bridgehead atoms. The molecule has 36 heavy (non-hydrogen) atoms. The van der Waals surface area contributed by atoms with Crippen molar-refractivity contribution in [1.29, 1.82) is 5.26 Å². The van der Waals surface area contributed by atoms with Crippen molar-refractivity contribution < 1.29 is 0 Å². The van der Waals surface area contributed by atoms with Gasteiger partial charge in [-0.25, -0.2) is 4.98 Å². The zero-order valence-corrected chi connectivity index (χ0v) is 21.1. The summed E-state index contributed by atoms with van der Waals surface area (Å²) in [7, 11) is 0. The molecule has 3 saturated heterocycles. The van der Waals surface area contributed by atoms with Crippen molar-refractivity contribution in [3.8, 4) is 6.07 Å². The van der Waals surface area contributed by atoms with Crippen molar-refractivity contribution in [3.05, 3.63) is 47.8 Å². The zero-order chi connectivity index (χ0) is 24.6. The number of hydrogen-bond donors (Lipinski definition) is 1. The summed E-state index contributed by atoms with van der Waals surface area (Å²) in [4.78, 5) is 24.2. The van der Waals surface area contributed by atoms with E-state index in [1.807, 2.05) is 18.3 Å². The molecule has 5 heterocycles. The van der Waals surface area contributed by atoms with Crippen LogP contribution in [-0.4, -0.2) is 90.8 Å². The molecule has 3 aromatic rings. The smallest absolute Gasteiger partial charge is 0.227 e. The number of rotatable bonds is 3. The first-order valence-corrected chi connectivity index (χ1v) is 12.9. The topological polar surface area (TPSA) is 87.5 Å². The lowest BCUT2D eigenvalue weighted by Gasteiger charge is -2.51. The van der Waals surface area contributed by atoms with Gasteiger partial charge in [-0.2, -0.15) is 10.2 Å². The van der Waals surface area contributed by atoms with Gasteiger partial charge in [-0.1, -0.05) is 0 Å². The molecule has 1 N–H and O–H groups in total. The number of fused-ring (bicyclic) bond motifs is 2. The quantitative estimate of drug-likeness (QED) is 0.601. The molecule has 0 spiro atoms. The van der Waals surface area contributed by atoms with Gasteiger partial charge >= 0.3 is 0 Å². The van der Waals surface area contributed by atoms with Gasteiger partial charge in [0, 0.05) is 100 Å². The third kappa shape index (κ3) is 4.10. The van der Waals surface area contributed by atoms with Gasteiger partial charge in [0.1, 0.15) is 11.9 Å². The highest BCUT2D eigenvalue weighted by Gasteiger charge is 2.37. The first-order chi connectivity index (χ1) is 17.6. The van der Waals surface area contributed by atoms with Gasteiger partial charge < -0.3 is 20.0 Å². The SMILES string of the molecule is Cc1cnc(N2CCN3C(C)CN(c4ccc(C#N)c5ncccc45)CC3C2)nc1N1CCNCC1. The molecule has 9 nitrogen and oxygen atoms in total. The number of nitrogens with one attached hydrogen (secondary N) is 1. The van der Waals surface area contributed by atoms with Gasteiger partial charge in [-0.3, -0.25) is 9.88 Å². The molecule has 9 heteroatoms. The average molecular weight is 484 g/mol. The fraction of sp³-hybridized carbons (Fsp3) is 0.481. The summed E-state index contributed by atoms with van der Waals surface area (Å²) in [6, 6.07) is 11.1. The number of nitriles is 1. The molecule has 0 radical (unpaired) electrons. The minimum absolute atomic E-state index is 0.373. The van der Waals surface area contributed by atoms with Crippen molar-refractivity contribution in [3.63, 3.8) is 0 Å². The van der Waals surface area contributed by atoms with Crippen LogP contribution in [0.25, 0.3) is 10.9 Å². The Hall–Kier alpha value is -3.48. The third-order valence-corrected chi connectivity index (χ3v) is 7.85. The number of anilines is 3. The molecular formula is C27H33N9. The summed E-state index contributed by atoms with van der Waals surface area (Å²) in [6.45, 7) is 13.1. The van der Waals surface area contributed by atoms with Crippen LogP contribution in [0.2, 0.25) is 0 Å².